The van der Waals surface area contributed by atoms with Crippen molar-refractivity contribution >= 4 is 28.2 Å². The van der Waals surface area contributed by atoms with Crippen molar-refractivity contribution in [2.45, 2.75) is 11.8 Å². The molecule has 1 aliphatic rings. The van der Waals surface area contributed by atoms with E-state index in [4.69, 9.17) is 0 Å². The van der Waals surface area contributed by atoms with Crippen molar-refractivity contribution in [2.24, 2.45) is 0 Å². The van der Waals surface area contributed by atoms with Gasteiger partial charge in [0.1, 0.15) is 0 Å². The summed E-state index contributed by atoms with van der Waals surface area (Å²) in [6.45, 7) is 7.27. The second kappa shape index (κ2) is 3.56. The summed E-state index contributed by atoms with van der Waals surface area (Å²) in [6.07, 6.45) is 0. The molecular formula is C14H13NS. The molecule has 0 aromatic heterocycles. The summed E-state index contributed by atoms with van der Waals surface area (Å²) in [5.41, 5.74) is 1.33. The topological polar surface area (TPSA) is 3.24 Å². The Balaban J connectivity index is 2.35. The van der Waals surface area contributed by atoms with Gasteiger partial charge in [-0.05, 0) is 18.4 Å². The first-order valence-electron chi connectivity index (χ1n) is 5.47. The molecule has 1 nitrogen and oxygen atoms in total. The number of rotatable bonds is 1. The van der Waals surface area contributed by atoms with Crippen LogP contribution in [0.2, 0.25) is 0 Å². The van der Waals surface area contributed by atoms with Crippen molar-refractivity contribution < 1.29 is 0 Å². The largest absolute Gasteiger partial charge is 0.335 e. The van der Waals surface area contributed by atoms with Crippen LogP contribution in [0.4, 0.5) is 5.69 Å². The molecule has 0 fully saturated rings. The minimum Gasteiger partial charge on any atom is -0.335 e. The molecule has 0 atom stereocenters. The van der Waals surface area contributed by atoms with E-state index in [9.17, 15) is 0 Å². The fraction of sp³-hybridized carbons (Fsp3) is 0.143. The van der Waals surface area contributed by atoms with Crippen LogP contribution in [0.15, 0.2) is 52.9 Å². The maximum absolute atomic E-state index is 4.12. The molecule has 0 bridgehead atoms. The van der Waals surface area contributed by atoms with Crippen LogP contribution in [0.5, 0.6) is 0 Å². The first kappa shape index (κ1) is 9.79. The number of hydrogen-bond donors (Lipinski definition) is 0. The Morgan fingerprint density at radius 1 is 1.19 bits per heavy atom. The first-order valence-corrected chi connectivity index (χ1v) is 6.29. The van der Waals surface area contributed by atoms with Crippen molar-refractivity contribution in [1.29, 1.82) is 0 Å². The lowest BCUT2D eigenvalue weighted by Gasteiger charge is -2.18. The van der Waals surface area contributed by atoms with Crippen molar-refractivity contribution in [3.05, 3.63) is 48.0 Å². The first-order chi connectivity index (χ1) is 7.81. The van der Waals surface area contributed by atoms with E-state index in [1.807, 2.05) is 0 Å². The molecule has 0 aliphatic carbocycles. The highest BCUT2D eigenvalue weighted by Gasteiger charge is 2.24. The van der Waals surface area contributed by atoms with E-state index >= 15 is 0 Å². The van der Waals surface area contributed by atoms with Gasteiger partial charge in [-0.1, -0.05) is 48.7 Å². The number of benzene rings is 2. The molecule has 2 aromatic rings. The minimum atomic E-state index is 0.979. The van der Waals surface area contributed by atoms with Gasteiger partial charge in [-0.2, -0.15) is 0 Å². The summed E-state index contributed by atoms with van der Waals surface area (Å²) >= 11 is 1.77. The third kappa shape index (κ3) is 1.26. The molecule has 1 heterocycles. The van der Waals surface area contributed by atoms with Crippen LogP contribution >= 0.6 is 11.8 Å². The quantitative estimate of drug-likeness (QED) is 0.716. The Labute approximate surface area is 99.8 Å². The van der Waals surface area contributed by atoms with Gasteiger partial charge < -0.3 is 4.90 Å². The van der Waals surface area contributed by atoms with Crippen LogP contribution in [0, 0.1) is 0 Å². The van der Waals surface area contributed by atoms with Gasteiger partial charge in [-0.25, -0.2) is 0 Å². The lowest BCUT2D eigenvalue weighted by molar-refractivity contribution is 1.01. The maximum atomic E-state index is 4.12. The van der Waals surface area contributed by atoms with Gasteiger partial charge in [-0.3, -0.25) is 0 Å². The highest BCUT2D eigenvalue weighted by Crippen LogP contribution is 2.48. The highest BCUT2D eigenvalue weighted by atomic mass is 32.2. The highest BCUT2D eigenvalue weighted by molar-refractivity contribution is 8.03. The van der Waals surface area contributed by atoms with Crippen molar-refractivity contribution in [3.63, 3.8) is 0 Å². The molecular weight excluding hydrogens is 214 g/mol. The molecule has 80 valence electrons. The molecule has 2 heteroatoms. The van der Waals surface area contributed by atoms with Gasteiger partial charge in [0.05, 0.1) is 10.7 Å². The zero-order valence-corrected chi connectivity index (χ0v) is 10.1. The molecule has 0 unspecified atom stereocenters. The second-order valence-electron chi connectivity index (χ2n) is 3.87. The van der Waals surface area contributed by atoms with E-state index in [2.05, 4.69) is 54.8 Å². The van der Waals surface area contributed by atoms with E-state index in [0.29, 0.717) is 0 Å². The van der Waals surface area contributed by atoms with Gasteiger partial charge in [-0.15, -0.1) is 0 Å². The fourth-order valence-electron chi connectivity index (χ4n) is 2.24. The van der Waals surface area contributed by atoms with Crippen LogP contribution < -0.4 is 4.90 Å². The molecule has 0 N–H and O–H groups in total. The third-order valence-electron chi connectivity index (χ3n) is 2.98. The van der Waals surface area contributed by atoms with Crippen LogP contribution in [0.3, 0.4) is 0 Å². The Kier molecular flexibility index (Phi) is 2.18. The zero-order valence-electron chi connectivity index (χ0n) is 9.23. The van der Waals surface area contributed by atoms with Gasteiger partial charge in [0.15, 0.2) is 0 Å². The van der Waals surface area contributed by atoms with Crippen molar-refractivity contribution in [1.82, 2.24) is 0 Å². The molecule has 3 rings (SSSR count). The molecule has 0 radical (unpaired) electrons. The molecule has 1 aliphatic heterocycles. The van der Waals surface area contributed by atoms with Crippen molar-refractivity contribution in [3.8, 4) is 0 Å². The standard InChI is InChI=1S/C14H13NS/c1-3-15-10(2)16-13-9-8-11-6-4-5-7-12(11)14(13)15/h4-9H,2-3H2,1H3. The van der Waals surface area contributed by atoms with Crippen LogP contribution in [0.1, 0.15) is 6.92 Å². The second-order valence-corrected chi connectivity index (χ2v) is 4.99. The number of nitrogens with zero attached hydrogens (tertiary/aromatic N) is 1. The summed E-state index contributed by atoms with van der Waals surface area (Å²) in [5, 5.41) is 3.76. The lowest BCUT2D eigenvalue weighted by atomic mass is 10.1. The SMILES string of the molecule is C=C1Sc2ccc3ccccc3c2N1CC. The Morgan fingerprint density at radius 3 is 2.81 bits per heavy atom. The summed E-state index contributed by atoms with van der Waals surface area (Å²) in [5.74, 6) is 0. The van der Waals surface area contributed by atoms with E-state index in [1.165, 1.54) is 21.4 Å². The summed E-state index contributed by atoms with van der Waals surface area (Å²) < 4.78 is 0. The van der Waals surface area contributed by atoms with Gasteiger partial charge in [0.2, 0.25) is 0 Å². The fourth-order valence-corrected chi connectivity index (χ4v) is 3.27. The number of hydrogen-bond acceptors (Lipinski definition) is 2. The Hall–Kier alpha value is -1.41. The summed E-state index contributed by atoms with van der Waals surface area (Å²) in [4.78, 5) is 3.62. The third-order valence-corrected chi connectivity index (χ3v) is 3.98. The van der Waals surface area contributed by atoms with Crippen molar-refractivity contribution in [2.75, 3.05) is 11.4 Å². The molecule has 2 aromatic carbocycles. The number of anilines is 1. The number of fused-ring (bicyclic) bond motifs is 3. The van der Waals surface area contributed by atoms with Crippen LogP contribution in [-0.2, 0) is 0 Å². The average molecular weight is 227 g/mol. The predicted molar refractivity (Wildman–Crippen MR) is 72.0 cm³/mol. The van der Waals surface area contributed by atoms with Crippen LogP contribution in [-0.4, -0.2) is 6.54 Å². The summed E-state index contributed by atoms with van der Waals surface area (Å²) in [6, 6.07) is 12.9. The minimum absolute atomic E-state index is 0.979. The van der Waals surface area contributed by atoms with E-state index in [-0.39, 0.29) is 0 Å². The summed E-state index contributed by atoms with van der Waals surface area (Å²) in [7, 11) is 0. The zero-order chi connectivity index (χ0) is 11.1. The van der Waals surface area contributed by atoms with Gasteiger partial charge in [0, 0.05) is 16.8 Å². The lowest BCUT2D eigenvalue weighted by Crippen LogP contribution is -2.15. The smallest absolute Gasteiger partial charge is 0.0728 e. The predicted octanol–water partition coefficient (Wildman–Crippen LogP) is 4.24. The molecule has 0 amide bonds. The maximum Gasteiger partial charge on any atom is 0.0728 e. The molecule has 0 saturated heterocycles. The monoisotopic (exact) mass is 227 g/mol. The Bertz CT molecular complexity index is 574. The molecule has 0 spiro atoms. The van der Waals surface area contributed by atoms with E-state index in [0.717, 1.165) is 11.6 Å². The number of thioether (sulfide) groups is 1. The normalized spacial score (nSPS) is 14.6. The van der Waals surface area contributed by atoms with Gasteiger partial charge in [0.25, 0.3) is 0 Å². The van der Waals surface area contributed by atoms with Gasteiger partial charge >= 0.3 is 0 Å². The Morgan fingerprint density at radius 2 is 2.00 bits per heavy atom. The molecule has 16 heavy (non-hydrogen) atoms. The average Bonchev–Trinajstić information content (AvgIpc) is 2.65. The molecule has 0 saturated carbocycles. The van der Waals surface area contributed by atoms with E-state index in [1.54, 1.807) is 11.8 Å². The van der Waals surface area contributed by atoms with Crippen LogP contribution in [0.25, 0.3) is 10.8 Å². The van der Waals surface area contributed by atoms with E-state index < -0.39 is 0 Å².